The summed E-state index contributed by atoms with van der Waals surface area (Å²) in [5.41, 5.74) is 5.86. The van der Waals surface area contributed by atoms with Crippen molar-refractivity contribution in [2.24, 2.45) is 5.73 Å². The van der Waals surface area contributed by atoms with Crippen LogP contribution in [0.3, 0.4) is 0 Å². The van der Waals surface area contributed by atoms with Gasteiger partial charge in [-0.1, -0.05) is 0 Å². The van der Waals surface area contributed by atoms with Gasteiger partial charge in [0.2, 0.25) is 0 Å². The zero-order chi connectivity index (χ0) is 8.39. The molecule has 1 unspecified atom stereocenters. The minimum absolute atomic E-state index is 0.482. The molecule has 2 saturated heterocycles. The Morgan fingerprint density at radius 2 is 1.92 bits per heavy atom. The monoisotopic (exact) mass is 186 g/mol. The lowest BCUT2D eigenvalue weighted by Crippen LogP contribution is -2.45. The molecule has 0 aromatic heterocycles. The molecular weight excluding hydrogens is 168 g/mol. The van der Waals surface area contributed by atoms with Crippen LogP contribution in [0.4, 0.5) is 0 Å². The molecule has 0 aromatic carbocycles. The van der Waals surface area contributed by atoms with Crippen LogP contribution in [0.1, 0.15) is 19.3 Å². The number of thioether (sulfide) groups is 1. The van der Waals surface area contributed by atoms with Crippen molar-refractivity contribution in [2.45, 2.75) is 31.3 Å². The molecule has 0 saturated carbocycles. The zero-order valence-electron chi connectivity index (χ0n) is 7.54. The fraction of sp³-hybridized carbons (Fsp3) is 1.00. The average molecular weight is 186 g/mol. The lowest BCUT2D eigenvalue weighted by atomic mass is 10.0. The van der Waals surface area contributed by atoms with Crippen LogP contribution in [0.15, 0.2) is 0 Å². The summed E-state index contributed by atoms with van der Waals surface area (Å²) in [4.78, 5) is 2.64. The lowest BCUT2D eigenvalue weighted by Gasteiger charge is -2.34. The van der Waals surface area contributed by atoms with Crippen LogP contribution >= 0.6 is 11.8 Å². The first-order valence-corrected chi connectivity index (χ1v) is 6.09. The fourth-order valence-electron chi connectivity index (χ4n) is 2.09. The summed E-state index contributed by atoms with van der Waals surface area (Å²) < 4.78 is 0. The Morgan fingerprint density at radius 3 is 2.50 bits per heavy atom. The van der Waals surface area contributed by atoms with E-state index < -0.39 is 0 Å². The molecule has 3 heteroatoms. The first kappa shape index (κ1) is 8.85. The third-order valence-corrected chi connectivity index (χ3v) is 4.14. The van der Waals surface area contributed by atoms with E-state index in [2.05, 4.69) is 16.7 Å². The predicted molar refractivity (Wildman–Crippen MR) is 54.5 cm³/mol. The molecular formula is C9H18N2S. The van der Waals surface area contributed by atoms with E-state index in [0.29, 0.717) is 6.04 Å². The van der Waals surface area contributed by atoms with Crippen LogP contribution in [-0.4, -0.2) is 41.6 Å². The van der Waals surface area contributed by atoms with E-state index in [-0.39, 0.29) is 0 Å². The lowest BCUT2D eigenvalue weighted by molar-refractivity contribution is 0.166. The highest BCUT2D eigenvalue weighted by Crippen LogP contribution is 2.24. The molecule has 0 aromatic rings. The maximum Gasteiger partial charge on any atom is 0.0194 e. The molecule has 12 heavy (non-hydrogen) atoms. The Morgan fingerprint density at radius 1 is 1.17 bits per heavy atom. The van der Waals surface area contributed by atoms with Gasteiger partial charge >= 0.3 is 0 Å². The molecule has 0 aliphatic carbocycles. The van der Waals surface area contributed by atoms with Gasteiger partial charge in [-0.2, -0.15) is 11.8 Å². The topological polar surface area (TPSA) is 29.3 Å². The molecule has 0 spiro atoms. The van der Waals surface area contributed by atoms with Crippen LogP contribution in [0.5, 0.6) is 0 Å². The van der Waals surface area contributed by atoms with Gasteiger partial charge in [-0.3, -0.25) is 4.90 Å². The molecule has 0 bridgehead atoms. The van der Waals surface area contributed by atoms with E-state index in [1.165, 1.54) is 43.9 Å². The van der Waals surface area contributed by atoms with E-state index in [9.17, 15) is 0 Å². The first-order chi connectivity index (χ1) is 5.86. The number of nitrogens with zero attached hydrogens (tertiary/aromatic N) is 1. The molecule has 2 rings (SSSR count). The van der Waals surface area contributed by atoms with Gasteiger partial charge in [0.05, 0.1) is 0 Å². The number of rotatable bonds is 1. The van der Waals surface area contributed by atoms with E-state index in [0.717, 1.165) is 6.04 Å². The summed E-state index contributed by atoms with van der Waals surface area (Å²) in [5.74, 6) is 2.72. The SMILES string of the molecule is NC1CCN(C2CCSC2)CC1. The third-order valence-electron chi connectivity index (χ3n) is 3.00. The van der Waals surface area contributed by atoms with Crippen LogP contribution < -0.4 is 5.73 Å². The molecule has 2 aliphatic heterocycles. The fourth-order valence-corrected chi connectivity index (χ4v) is 3.35. The Hall–Kier alpha value is 0.270. The van der Waals surface area contributed by atoms with Gasteiger partial charge in [-0.25, -0.2) is 0 Å². The molecule has 0 radical (unpaired) electrons. The van der Waals surface area contributed by atoms with Crippen molar-refractivity contribution in [3.63, 3.8) is 0 Å². The van der Waals surface area contributed by atoms with Crippen LogP contribution in [0.25, 0.3) is 0 Å². The van der Waals surface area contributed by atoms with Gasteiger partial charge in [0.15, 0.2) is 0 Å². The maximum atomic E-state index is 5.86. The molecule has 2 nitrogen and oxygen atoms in total. The Bertz CT molecular complexity index is 137. The highest BCUT2D eigenvalue weighted by Gasteiger charge is 2.25. The normalized spacial score (nSPS) is 34.2. The van der Waals surface area contributed by atoms with Crippen molar-refractivity contribution in [2.75, 3.05) is 24.6 Å². The molecule has 2 N–H and O–H groups in total. The van der Waals surface area contributed by atoms with Gasteiger partial charge in [-0.05, 0) is 38.1 Å². The van der Waals surface area contributed by atoms with Gasteiger partial charge in [-0.15, -0.1) is 0 Å². The minimum Gasteiger partial charge on any atom is -0.328 e. The zero-order valence-corrected chi connectivity index (χ0v) is 8.35. The van der Waals surface area contributed by atoms with Gasteiger partial charge in [0.25, 0.3) is 0 Å². The van der Waals surface area contributed by atoms with Crippen molar-refractivity contribution < 1.29 is 0 Å². The van der Waals surface area contributed by atoms with Crippen molar-refractivity contribution in [3.8, 4) is 0 Å². The second kappa shape index (κ2) is 3.99. The van der Waals surface area contributed by atoms with Crippen LogP contribution in [-0.2, 0) is 0 Å². The van der Waals surface area contributed by atoms with E-state index in [1.54, 1.807) is 0 Å². The molecule has 70 valence electrons. The van der Waals surface area contributed by atoms with Crippen molar-refractivity contribution in [3.05, 3.63) is 0 Å². The maximum absolute atomic E-state index is 5.86. The van der Waals surface area contributed by atoms with Gasteiger partial charge < -0.3 is 5.73 Å². The number of nitrogens with two attached hydrogens (primary N) is 1. The third kappa shape index (κ3) is 1.95. The second-order valence-electron chi connectivity index (χ2n) is 3.89. The Kier molecular flexibility index (Phi) is 2.94. The van der Waals surface area contributed by atoms with Crippen molar-refractivity contribution in [1.82, 2.24) is 4.90 Å². The highest BCUT2D eigenvalue weighted by molar-refractivity contribution is 7.99. The Labute approximate surface area is 78.9 Å². The number of hydrogen-bond acceptors (Lipinski definition) is 3. The quantitative estimate of drug-likeness (QED) is 0.660. The van der Waals surface area contributed by atoms with E-state index in [1.807, 2.05) is 0 Å². The number of piperidine rings is 1. The summed E-state index contributed by atoms with van der Waals surface area (Å²) in [6.45, 7) is 2.48. The smallest absolute Gasteiger partial charge is 0.0194 e. The number of hydrogen-bond donors (Lipinski definition) is 1. The standard InChI is InChI=1S/C9H18N2S/c10-8-1-4-11(5-2-8)9-3-6-12-7-9/h8-9H,1-7,10H2. The molecule has 2 fully saturated rings. The average Bonchev–Trinajstić information content (AvgIpc) is 2.58. The summed E-state index contributed by atoms with van der Waals surface area (Å²) in [6.07, 6.45) is 3.82. The first-order valence-electron chi connectivity index (χ1n) is 4.93. The molecule has 0 amide bonds. The largest absolute Gasteiger partial charge is 0.328 e. The molecule has 2 heterocycles. The summed E-state index contributed by atoms with van der Waals surface area (Å²) in [7, 11) is 0. The van der Waals surface area contributed by atoms with Crippen LogP contribution in [0.2, 0.25) is 0 Å². The van der Waals surface area contributed by atoms with E-state index >= 15 is 0 Å². The predicted octanol–water partition coefficient (Wildman–Crippen LogP) is 0.915. The summed E-state index contributed by atoms with van der Waals surface area (Å²) in [5, 5.41) is 0. The molecule has 2 aliphatic rings. The number of likely N-dealkylation sites (tertiary alicyclic amines) is 1. The van der Waals surface area contributed by atoms with E-state index in [4.69, 9.17) is 5.73 Å². The van der Waals surface area contributed by atoms with Gasteiger partial charge in [0, 0.05) is 17.8 Å². The second-order valence-corrected chi connectivity index (χ2v) is 5.04. The van der Waals surface area contributed by atoms with Crippen molar-refractivity contribution in [1.29, 1.82) is 0 Å². The minimum atomic E-state index is 0.482. The van der Waals surface area contributed by atoms with Crippen LogP contribution in [0, 0.1) is 0 Å². The van der Waals surface area contributed by atoms with Crippen molar-refractivity contribution >= 4 is 11.8 Å². The summed E-state index contributed by atoms with van der Waals surface area (Å²) >= 11 is 2.10. The summed E-state index contributed by atoms with van der Waals surface area (Å²) in [6, 6.07) is 1.36. The van der Waals surface area contributed by atoms with Gasteiger partial charge in [0.1, 0.15) is 0 Å². The Balaban J connectivity index is 1.80. The highest BCUT2D eigenvalue weighted by atomic mass is 32.2. The molecule has 1 atom stereocenters.